The molecule has 0 radical (unpaired) electrons. The number of Topliss-reactive ketones (excluding diaryl/α,β-unsaturated/α-hetero) is 1. The molecular formula is C36H45N4O8+. The van der Waals surface area contributed by atoms with Crippen LogP contribution in [0.25, 0.3) is 0 Å². The minimum atomic E-state index is -1.10. The highest BCUT2D eigenvalue weighted by Crippen LogP contribution is 2.66. The van der Waals surface area contributed by atoms with Crippen molar-refractivity contribution in [3.05, 3.63) is 53.1 Å². The Morgan fingerprint density at radius 2 is 1.90 bits per heavy atom. The topological polar surface area (TPSA) is 154 Å². The number of phenolic OH excluding ortho intramolecular Hbond substituents is 1. The molecule has 3 fully saturated rings. The molecule has 1 spiro atoms. The number of amides is 3. The van der Waals surface area contributed by atoms with Gasteiger partial charge in [0.2, 0.25) is 11.8 Å². The van der Waals surface area contributed by atoms with Crippen LogP contribution in [0.2, 0.25) is 0 Å². The number of carbonyl (C=O) groups is 4. The molecule has 2 aromatic rings. The fourth-order valence-corrected chi connectivity index (χ4v) is 9.06. The molecule has 4 N–H and O–H groups in total. The number of hydrogen-bond acceptors (Lipinski definition) is 8. The van der Waals surface area contributed by atoms with Crippen LogP contribution in [-0.2, 0) is 32.6 Å². The van der Waals surface area contributed by atoms with Gasteiger partial charge in [-0.1, -0.05) is 18.2 Å². The largest absolute Gasteiger partial charge is 0.508 e. The Morgan fingerprint density at radius 3 is 2.60 bits per heavy atom. The van der Waals surface area contributed by atoms with Crippen LogP contribution in [0.3, 0.4) is 0 Å². The summed E-state index contributed by atoms with van der Waals surface area (Å²) in [4.78, 5) is 52.8. The number of likely N-dealkylation sites (tertiary alicyclic amines) is 1. The number of benzene rings is 2. The molecule has 12 heteroatoms. The van der Waals surface area contributed by atoms with Crippen molar-refractivity contribution in [2.45, 2.75) is 81.1 Å². The Morgan fingerprint density at radius 1 is 1.15 bits per heavy atom. The number of aliphatic hydroxyl groups is 1. The first-order valence-electron chi connectivity index (χ1n) is 17.0. The highest BCUT2D eigenvalue weighted by Gasteiger charge is 2.76. The van der Waals surface area contributed by atoms with E-state index in [9.17, 15) is 29.4 Å². The number of carbonyl (C=O) groups excluding carboxylic acids is 4. The third-order valence-electron chi connectivity index (χ3n) is 11.6. The monoisotopic (exact) mass is 661 g/mol. The molecule has 6 atom stereocenters. The van der Waals surface area contributed by atoms with Gasteiger partial charge < -0.3 is 39.7 Å². The molecule has 3 amide bonds. The zero-order valence-electron chi connectivity index (χ0n) is 27.8. The molecule has 2 bridgehead atoms. The molecule has 1 unspecified atom stereocenters. The molecule has 2 aromatic carbocycles. The van der Waals surface area contributed by atoms with E-state index in [-0.39, 0.29) is 55.2 Å². The van der Waals surface area contributed by atoms with Crippen LogP contribution in [-0.4, -0.2) is 107 Å². The highest BCUT2D eigenvalue weighted by atomic mass is 16.6. The summed E-state index contributed by atoms with van der Waals surface area (Å²) in [5, 5.41) is 27.6. The van der Waals surface area contributed by atoms with E-state index in [1.54, 1.807) is 25.2 Å². The maximum atomic E-state index is 13.4. The van der Waals surface area contributed by atoms with Crippen LogP contribution in [0.4, 0.5) is 4.79 Å². The molecule has 0 aromatic heterocycles. The Balaban J connectivity index is 1.04. The van der Waals surface area contributed by atoms with Gasteiger partial charge in [-0.15, -0.1) is 0 Å². The second-order valence-electron chi connectivity index (χ2n) is 14.8. The fourth-order valence-electron chi connectivity index (χ4n) is 9.06. The normalized spacial score (nSPS) is 30.0. The number of hydrogen-bond donors (Lipinski definition) is 4. The van der Waals surface area contributed by atoms with E-state index in [2.05, 4.69) is 17.7 Å². The van der Waals surface area contributed by atoms with Crippen molar-refractivity contribution in [3.8, 4) is 17.2 Å². The molecule has 2 saturated carbocycles. The SMILES string of the molecule is CC(=O)N[C@@H](Cc1ccc(O)cc1)C(=O)NCCN(C)C(=O)Oc1ccc2c3c1O[C@H]1C(=O)CC[C@@]4(O)[C@@H](C2)[N+](C)(CC2CC2)CC[C@]314. The Kier molecular flexibility index (Phi) is 7.94. The zero-order valence-corrected chi connectivity index (χ0v) is 27.8. The lowest BCUT2D eigenvalue weighted by atomic mass is 9.48. The van der Waals surface area contributed by atoms with Gasteiger partial charge in [0.1, 0.15) is 23.4 Å². The average molecular weight is 662 g/mol. The molecule has 48 heavy (non-hydrogen) atoms. The molecule has 2 heterocycles. The number of nitrogens with one attached hydrogen (secondary N) is 2. The summed E-state index contributed by atoms with van der Waals surface area (Å²) >= 11 is 0. The zero-order chi connectivity index (χ0) is 34.0. The molecule has 3 aliphatic carbocycles. The maximum absolute atomic E-state index is 13.4. The summed E-state index contributed by atoms with van der Waals surface area (Å²) in [6.45, 7) is 3.46. The van der Waals surface area contributed by atoms with Gasteiger partial charge >= 0.3 is 6.09 Å². The predicted molar refractivity (Wildman–Crippen MR) is 174 cm³/mol. The fraction of sp³-hybridized carbons (Fsp3) is 0.556. The Hall–Kier alpha value is -4.16. The summed E-state index contributed by atoms with van der Waals surface area (Å²) < 4.78 is 13.1. The van der Waals surface area contributed by atoms with E-state index in [1.165, 1.54) is 36.8 Å². The van der Waals surface area contributed by atoms with Gasteiger partial charge in [0.15, 0.2) is 23.4 Å². The number of likely N-dealkylation sites (N-methyl/N-ethyl adjacent to an activating group) is 2. The molecule has 12 nitrogen and oxygen atoms in total. The lowest BCUT2D eigenvalue weighted by Crippen LogP contribution is -2.80. The van der Waals surface area contributed by atoms with Gasteiger partial charge in [-0.3, -0.25) is 14.4 Å². The summed E-state index contributed by atoms with van der Waals surface area (Å²) in [5.41, 5.74) is 0.683. The molecule has 2 aliphatic heterocycles. The van der Waals surface area contributed by atoms with Gasteiger partial charge in [-0.25, -0.2) is 4.79 Å². The van der Waals surface area contributed by atoms with Crippen molar-refractivity contribution in [3.63, 3.8) is 0 Å². The summed E-state index contributed by atoms with van der Waals surface area (Å²) in [6, 6.07) is 9.21. The summed E-state index contributed by atoms with van der Waals surface area (Å²) in [6.07, 6.45) is 3.20. The van der Waals surface area contributed by atoms with Crippen LogP contribution in [0.5, 0.6) is 17.2 Å². The molecular weight excluding hydrogens is 616 g/mol. The van der Waals surface area contributed by atoms with Gasteiger partial charge in [-0.05, 0) is 48.6 Å². The number of ketones is 1. The van der Waals surface area contributed by atoms with Gasteiger partial charge in [0.25, 0.3) is 0 Å². The number of phenols is 1. The second-order valence-corrected chi connectivity index (χ2v) is 14.8. The first-order chi connectivity index (χ1) is 22.8. The highest BCUT2D eigenvalue weighted by molar-refractivity contribution is 5.90. The Bertz CT molecular complexity index is 1660. The van der Waals surface area contributed by atoms with Crippen molar-refractivity contribution in [1.82, 2.24) is 15.5 Å². The van der Waals surface area contributed by atoms with Gasteiger partial charge in [0.05, 0.1) is 25.6 Å². The smallest absolute Gasteiger partial charge is 0.415 e. The van der Waals surface area contributed by atoms with E-state index >= 15 is 0 Å². The van der Waals surface area contributed by atoms with E-state index in [0.29, 0.717) is 30.9 Å². The molecule has 1 saturated heterocycles. The van der Waals surface area contributed by atoms with E-state index in [1.807, 2.05) is 6.07 Å². The first-order valence-corrected chi connectivity index (χ1v) is 17.0. The predicted octanol–water partition coefficient (Wildman–Crippen LogP) is 1.96. The van der Waals surface area contributed by atoms with E-state index in [4.69, 9.17) is 9.47 Å². The van der Waals surface area contributed by atoms with Gasteiger partial charge in [-0.2, -0.15) is 0 Å². The number of ether oxygens (including phenoxy) is 2. The van der Waals surface area contributed by atoms with Crippen LogP contribution < -0.4 is 20.1 Å². The lowest BCUT2D eigenvalue weighted by molar-refractivity contribution is -0.950. The standard InChI is InChI=1S/C36H44N4O8/c1-21(41)38-26(18-22-6-9-25(42)10-7-22)33(44)37-15-16-39(2)34(45)47-28-11-8-24-19-29-36(46)13-12-27(43)32-35(36,30(24)31(28)48-32)14-17-40(29,3)20-23-4-5-23/h6-11,23,26,29,32,46H,4-5,12-20H2,1-3H3,(H2-,37,38,41,42,44)/p+1/t26-,29+,32-,35-,36+,40?/m0/s1. The number of aromatic hydroxyl groups is 1. The van der Waals surface area contributed by atoms with Crippen LogP contribution >= 0.6 is 0 Å². The van der Waals surface area contributed by atoms with Crippen molar-refractivity contribution in [2.75, 3.05) is 40.3 Å². The van der Waals surface area contributed by atoms with Crippen molar-refractivity contribution >= 4 is 23.7 Å². The van der Waals surface area contributed by atoms with Crippen LogP contribution in [0, 0.1) is 5.92 Å². The number of piperidine rings is 1. The molecule has 7 rings (SSSR count). The number of nitrogens with zero attached hydrogens (tertiary/aromatic N) is 2. The van der Waals surface area contributed by atoms with E-state index < -0.39 is 35.2 Å². The average Bonchev–Trinajstić information content (AvgIpc) is 3.77. The summed E-state index contributed by atoms with van der Waals surface area (Å²) in [7, 11) is 3.82. The third-order valence-corrected chi connectivity index (χ3v) is 11.6. The van der Waals surface area contributed by atoms with Crippen molar-refractivity contribution < 1.29 is 43.3 Å². The third kappa shape index (κ3) is 5.29. The molecule has 256 valence electrons. The lowest BCUT2D eigenvalue weighted by Gasteiger charge is -2.64. The van der Waals surface area contributed by atoms with Gasteiger partial charge in [0, 0.05) is 64.2 Å². The van der Waals surface area contributed by atoms with Crippen molar-refractivity contribution in [1.29, 1.82) is 0 Å². The summed E-state index contributed by atoms with van der Waals surface area (Å²) in [5.74, 6) is 0.609. The maximum Gasteiger partial charge on any atom is 0.415 e. The number of rotatable bonds is 10. The molecule has 5 aliphatic rings. The minimum absolute atomic E-state index is 0.0196. The minimum Gasteiger partial charge on any atom is -0.508 e. The quantitative estimate of drug-likeness (QED) is 0.282. The number of quaternary nitrogens is 1. The van der Waals surface area contributed by atoms with Crippen LogP contribution in [0.1, 0.15) is 55.7 Å². The Labute approximate surface area is 280 Å². The van der Waals surface area contributed by atoms with Crippen molar-refractivity contribution in [2.24, 2.45) is 5.92 Å². The van der Waals surface area contributed by atoms with E-state index in [0.717, 1.165) is 34.3 Å². The second kappa shape index (κ2) is 11.8. The first kappa shape index (κ1) is 32.4. The van der Waals surface area contributed by atoms with Crippen LogP contribution in [0.15, 0.2) is 36.4 Å².